The maximum Gasteiger partial charge on any atom is 0.244 e. The lowest BCUT2D eigenvalue weighted by molar-refractivity contribution is -0.860. The molecular weight excluding hydrogens is 284 g/mol. The molecular formula is C20H25N2O+. The lowest BCUT2D eigenvalue weighted by atomic mass is 10.1. The van der Waals surface area contributed by atoms with Gasteiger partial charge in [0.2, 0.25) is 5.91 Å². The smallest absolute Gasteiger partial charge is 0.244 e. The first-order valence-corrected chi connectivity index (χ1v) is 7.94. The van der Waals surface area contributed by atoms with Gasteiger partial charge < -0.3 is 10.2 Å². The van der Waals surface area contributed by atoms with Crippen LogP contribution in [0.1, 0.15) is 22.7 Å². The summed E-state index contributed by atoms with van der Waals surface area (Å²) in [5.74, 6) is -0.0688. The van der Waals surface area contributed by atoms with Crippen LogP contribution in [0.3, 0.4) is 0 Å². The molecule has 2 N–H and O–H groups in total. The summed E-state index contributed by atoms with van der Waals surface area (Å²) in [4.78, 5) is 13.5. The second-order valence-electron chi connectivity index (χ2n) is 6.13. The molecule has 0 fully saturated rings. The normalized spacial score (nSPS) is 12.5. The first kappa shape index (κ1) is 17.0. The fourth-order valence-electron chi connectivity index (χ4n) is 2.42. The molecule has 0 aliphatic carbocycles. The molecule has 0 saturated carbocycles. The molecule has 0 heterocycles. The average molecular weight is 309 g/mol. The zero-order chi connectivity index (χ0) is 16.7. The molecule has 1 atom stereocenters. The minimum Gasteiger partial charge on any atom is -0.340 e. The van der Waals surface area contributed by atoms with Crippen LogP contribution in [-0.2, 0) is 4.79 Å². The van der Waals surface area contributed by atoms with Crippen molar-refractivity contribution in [3.05, 3.63) is 77.4 Å². The van der Waals surface area contributed by atoms with Crippen molar-refractivity contribution in [1.29, 1.82) is 0 Å². The molecule has 0 spiro atoms. The zero-order valence-corrected chi connectivity index (χ0v) is 14.0. The molecule has 3 heteroatoms. The van der Waals surface area contributed by atoms with Crippen molar-refractivity contribution in [2.45, 2.75) is 13.0 Å². The van der Waals surface area contributed by atoms with Crippen molar-refractivity contribution in [1.82, 2.24) is 5.32 Å². The fourth-order valence-corrected chi connectivity index (χ4v) is 2.42. The SMILES string of the molecule is Cc1ccc(/C=C/C(=O)N[C@H](C[NH+](C)C)c2ccccc2)cc1. The Labute approximate surface area is 138 Å². The summed E-state index contributed by atoms with van der Waals surface area (Å²) in [6.45, 7) is 2.89. The first-order valence-electron chi connectivity index (χ1n) is 7.94. The standard InChI is InChI=1S/C20H24N2O/c1-16-9-11-17(12-10-16)13-14-20(23)21-19(15-22(2)3)18-7-5-4-6-8-18/h4-14,19H,15H2,1-3H3,(H,21,23)/p+1/b14-13+/t19-/m1/s1. The Balaban J connectivity index is 2.04. The highest BCUT2D eigenvalue weighted by Crippen LogP contribution is 2.11. The third-order valence-electron chi connectivity index (χ3n) is 3.64. The summed E-state index contributed by atoms with van der Waals surface area (Å²) in [7, 11) is 4.18. The molecule has 0 radical (unpaired) electrons. The van der Waals surface area contributed by atoms with E-state index >= 15 is 0 Å². The molecule has 120 valence electrons. The van der Waals surface area contributed by atoms with Crippen LogP contribution >= 0.6 is 0 Å². The molecule has 3 nitrogen and oxygen atoms in total. The van der Waals surface area contributed by atoms with Crippen LogP contribution in [0, 0.1) is 6.92 Å². The fraction of sp³-hybridized carbons (Fsp3) is 0.250. The number of amides is 1. The van der Waals surface area contributed by atoms with E-state index in [4.69, 9.17) is 0 Å². The van der Waals surface area contributed by atoms with E-state index in [1.165, 1.54) is 10.5 Å². The zero-order valence-electron chi connectivity index (χ0n) is 14.0. The number of likely N-dealkylation sites (N-methyl/N-ethyl adjacent to an activating group) is 1. The van der Waals surface area contributed by atoms with E-state index in [9.17, 15) is 4.79 Å². The van der Waals surface area contributed by atoms with Gasteiger partial charge in [0.25, 0.3) is 0 Å². The molecule has 2 aromatic rings. The van der Waals surface area contributed by atoms with Crippen LogP contribution in [0.25, 0.3) is 6.08 Å². The summed E-state index contributed by atoms with van der Waals surface area (Å²) in [5, 5.41) is 3.10. The number of aryl methyl sites for hydroxylation is 1. The number of benzene rings is 2. The van der Waals surface area contributed by atoms with Gasteiger partial charge in [0.15, 0.2) is 0 Å². The van der Waals surface area contributed by atoms with Gasteiger partial charge in [-0.2, -0.15) is 0 Å². The van der Waals surface area contributed by atoms with E-state index in [1.807, 2.05) is 55.5 Å². The second-order valence-corrected chi connectivity index (χ2v) is 6.13. The Morgan fingerprint density at radius 3 is 2.35 bits per heavy atom. The maximum absolute atomic E-state index is 12.2. The number of hydrogen-bond donors (Lipinski definition) is 2. The highest BCUT2D eigenvalue weighted by molar-refractivity contribution is 5.92. The molecule has 0 bridgehead atoms. The Morgan fingerprint density at radius 1 is 1.09 bits per heavy atom. The molecule has 0 aliphatic heterocycles. The number of rotatable bonds is 6. The third kappa shape index (κ3) is 5.72. The van der Waals surface area contributed by atoms with Gasteiger partial charge in [0.1, 0.15) is 12.6 Å². The van der Waals surface area contributed by atoms with Gasteiger partial charge >= 0.3 is 0 Å². The van der Waals surface area contributed by atoms with Gasteiger partial charge in [0, 0.05) is 6.08 Å². The van der Waals surface area contributed by atoms with Crippen LogP contribution in [0.15, 0.2) is 60.7 Å². The van der Waals surface area contributed by atoms with E-state index in [0.717, 1.165) is 17.7 Å². The first-order chi connectivity index (χ1) is 11.0. The molecule has 2 rings (SSSR count). The van der Waals surface area contributed by atoms with Crippen LogP contribution in [-0.4, -0.2) is 26.5 Å². The average Bonchev–Trinajstić information content (AvgIpc) is 2.54. The minimum absolute atomic E-state index is 0.0105. The Kier molecular flexibility index (Phi) is 6.12. The van der Waals surface area contributed by atoms with E-state index in [-0.39, 0.29) is 11.9 Å². The lowest BCUT2D eigenvalue weighted by Gasteiger charge is -2.20. The van der Waals surface area contributed by atoms with Crippen molar-refractivity contribution in [3.63, 3.8) is 0 Å². The van der Waals surface area contributed by atoms with Crippen molar-refractivity contribution >= 4 is 12.0 Å². The highest BCUT2D eigenvalue weighted by Gasteiger charge is 2.16. The largest absolute Gasteiger partial charge is 0.340 e. The van der Waals surface area contributed by atoms with E-state index in [0.29, 0.717) is 0 Å². The Hall–Kier alpha value is -2.39. The summed E-state index contributed by atoms with van der Waals surface area (Å²) in [6.07, 6.45) is 3.45. The highest BCUT2D eigenvalue weighted by atomic mass is 16.1. The number of carbonyl (C=O) groups excluding carboxylic acids is 1. The summed E-state index contributed by atoms with van der Waals surface area (Å²) >= 11 is 0. The lowest BCUT2D eigenvalue weighted by Crippen LogP contribution is -3.06. The molecule has 2 aromatic carbocycles. The van der Waals surface area contributed by atoms with Crippen molar-refractivity contribution in [3.8, 4) is 0 Å². The third-order valence-corrected chi connectivity index (χ3v) is 3.64. The topological polar surface area (TPSA) is 33.5 Å². The maximum atomic E-state index is 12.2. The van der Waals surface area contributed by atoms with Crippen LogP contribution in [0.4, 0.5) is 0 Å². The quantitative estimate of drug-likeness (QED) is 0.786. The Bertz CT molecular complexity index is 645. The number of quaternary nitrogens is 1. The molecule has 0 aromatic heterocycles. The van der Waals surface area contributed by atoms with Crippen LogP contribution < -0.4 is 10.2 Å². The van der Waals surface area contributed by atoms with Crippen molar-refractivity contribution in [2.75, 3.05) is 20.6 Å². The van der Waals surface area contributed by atoms with E-state index < -0.39 is 0 Å². The van der Waals surface area contributed by atoms with Gasteiger partial charge in [-0.15, -0.1) is 0 Å². The van der Waals surface area contributed by atoms with E-state index in [2.05, 4.69) is 31.5 Å². The number of nitrogens with one attached hydrogen (secondary N) is 2. The Morgan fingerprint density at radius 2 is 1.74 bits per heavy atom. The number of hydrogen-bond acceptors (Lipinski definition) is 1. The predicted octanol–water partition coefficient (Wildman–Crippen LogP) is 2.01. The second kappa shape index (κ2) is 8.30. The van der Waals surface area contributed by atoms with Gasteiger partial charge in [-0.3, -0.25) is 4.79 Å². The van der Waals surface area contributed by atoms with Gasteiger partial charge in [0.05, 0.1) is 14.1 Å². The minimum atomic E-state index is -0.0688. The van der Waals surface area contributed by atoms with E-state index in [1.54, 1.807) is 6.08 Å². The monoisotopic (exact) mass is 309 g/mol. The van der Waals surface area contributed by atoms with Gasteiger partial charge in [-0.1, -0.05) is 60.2 Å². The summed E-state index contributed by atoms with van der Waals surface area (Å²) in [5.41, 5.74) is 3.37. The summed E-state index contributed by atoms with van der Waals surface area (Å²) in [6, 6.07) is 18.2. The van der Waals surface area contributed by atoms with Crippen LogP contribution in [0.2, 0.25) is 0 Å². The van der Waals surface area contributed by atoms with Crippen molar-refractivity contribution in [2.24, 2.45) is 0 Å². The molecule has 23 heavy (non-hydrogen) atoms. The van der Waals surface area contributed by atoms with Gasteiger partial charge in [-0.25, -0.2) is 0 Å². The van der Waals surface area contributed by atoms with Crippen LogP contribution in [0.5, 0.6) is 0 Å². The number of carbonyl (C=O) groups is 1. The summed E-state index contributed by atoms with van der Waals surface area (Å²) < 4.78 is 0. The molecule has 0 unspecified atom stereocenters. The predicted molar refractivity (Wildman–Crippen MR) is 95.2 cm³/mol. The molecule has 0 aliphatic rings. The molecule has 1 amide bonds. The van der Waals surface area contributed by atoms with Crippen molar-refractivity contribution < 1.29 is 9.69 Å². The molecule has 0 saturated heterocycles. The van der Waals surface area contributed by atoms with Gasteiger partial charge in [-0.05, 0) is 24.1 Å².